The quantitative estimate of drug-likeness (QED) is 0.793. The molecular formula is C18H21FN2O2S. The van der Waals surface area contributed by atoms with E-state index in [-0.39, 0.29) is 11.9 Å². The molecule has 0 amide bonds. The summed E-state index contributed by atoms with van der Waals surface area (Å²) in [5.74, 6) is 1.20. The Kier molecular flexibility index (Phi) is 5.98. The van der Waals surface area contributed by atoms with Crippen molar-refractivity contribution in [2.45, 2.75) is 19.9 Å². The van der Waals surface area contributed by atoms with Crippen molar-refractivity contribution in [3.8, 4) is 11.5 Å². The van der Waals surface area contributed by atoms with Crippen LogP contribution in [0.5, 0.6) is 11.5 Å². The zero-order chi connectivity index (χ0) is 17.7. The van der Waals surface area contributed by atoms with Gasteiger partial charge in [-0.2, -0.15) is 0 Å². The van der Waals surface area contributed by atoms with Crippen molar-refractivity contribution in [3.63, 3.8) is 0 Å². The van der Waals surface area contributed by atoms with Crippen molar-refractivity contribution in [2.75, 3.05) is 19.5 Å². The van der Waals surface area contributed by atoms with Crippen LogP contribution in [0.25, 0.3) is 0 Å². The van der Waals surface area contributed by atoms with Crippen molar-refractivity contribution in [1.29, 1.82) is 0 Å². The number of thiocarbonyl (C=S) groups is 1. The molecule has 0 bridgehead atoms. The SMILES string of the molecule is COc1ccc(OC)c([C@H](C)NC(=S)Nc2ccc(C)c(F)c2)c1. The summed E-state index contributed by atoms with van der Waals surface area (Å²) in [7, 11) is 3.23. The van der Waals surface area contributed by atoms with Gasteiger partial charge in [-0.25, -0.2) is 4.39 Å². The first-order valence-corrected chi connectivity index (χ1v) is 7.91. The van der Waals surface area contributed by atoms with Crippen LogP contribution in [0.1, 0.15) is 24.1 Å². The highest BCUT2D eigenvalue weighted by Crippen LogP contribution is 2.29. The van der Waals surface area contributed by atoms with Crippen LogP contribution < -0.4 is 20.1 Å². The fraction of sp³-hybridized carbons (Fsp3) is 0.278. The van der Waals surface area contributed by atoms with Crippen LogP contribution in [0.15, 0.2) is 36.4 Å². The summed E-state index contributed by atoms with van der Waals surface area (Å²) in [5, 5.41) is 6.55. The van der Waals surface area contributed by atoms with Gasteiger partial charge in [-0.15, -0.1) is 0 Å². The molecule has 2 aromatic rings. The lowest BCUT2D eigenvalue weighted by Gasteiger charge is -2.20. The molecule has 2 aromatic carbocycles. The number of methoxy groups -OCH3 is 2. The Bertz CT molecular complexity index is 737. The Hall–Kier alpha value is -2.34. The summed E-state index contributed by atoms with van der Waals surface area (Å²) in [6, 6.07) is 10.4. The maximum absolute atomic E-state index is 13.6. The van der Waals surface area contributed by atoms with Crippen molar-refractivity contribution in [1.82, 2.24) is 5.32 Å². The van der Waals surface area contributed by atoms with Crippen LogP contribution in [0.4, 0.5) is 10.1 Å². The molecule has 0 heterocycles. The number of hydrogen-bond acceptors (Lipinski definition) is 3. The van der Waals surface area contributed by atoms with Crippen molar-refractivity contribution in [2.24, 2.45) is 0 Å². The fourth-order valence-electron chi connectivity index (χ4n) is 2.29. The second-order valence-electron chi connectivity index (χ2n) is 5.39. The molecule has 0 aliphatic carbocycles. The third kappa shape index (κ3) is 4.35. The number of hydrogen-bond donors (Lipinski definition) is 2. The molecule has 0 saturated heterocycles. The molecule has 4 nitrogen and oxygen atoms in total. The highest BCUT2D eigenvalue weighted by atomic mass is 32.1. The molecule has 0 fully saturated rings. The van der Waals surface area contributed by atoms with Gasteiger partial charge in [-0.3, -0.25) is 0 Å². The van der Waals surface area contributed by atoms with Gasteiger partial charge < -0.3 is 20.1 Å². The maximum atomic E-state index is 13.6. The van der Waals surface area contributed by atoms with Gasteiger partial charge in [0.25, 0.3) is 0 Å². The number of nitrogens with one attached hydrogen (secondary N) is 2. The molecule has 2 N–H and O–H groups in total. The van der Waals surface area contributed by atoms with E-state index in [0.29, 0.717) is 16.4 Å². The predicted molar refractivity (Wildman–Crippen MR) is 98.5 cm³/mol. The number of benzene rings is 2. The molecule has 0 aliphatic heterocycles. The van der Waals surface area contributed by atoms with E-state index in [9.17, 15) is 4.39 Å². The molecule has 0 aromatic heterocycles. The molecule has 0 saturated carbocycles. The summed E-state index contributed by atoms with van der Waals surface area (Å²) < 4.78 is 24.2. The smallest absolute Gasteiger partial charge is 0.171 e. The minimum absolute atomic E-state index is 0.120. The molecule has 0 spiro atoms. The zero-order valence-electron chi connectivity index (χ0n) is 14.1. The largest absolute Gasteiger partial charge is 0.497 e. The van der Waals surface area contributed by atoms with Gasteiger partial charge >= 0.3 is 0 Å². The number of halogens is 1. The predicted octanol–water partition coefficient (Wildman–Crippen LogP) is 4.20. The van der Waals surface area contributed by atoms with Crippen LogP contribution in [0.3, 0.4) is 0 Å². The van der Waals surface area contributed by atoms with E-state index in [2.05, 4.69) is 10.6 Å². The second kappa shape index (κ2) is 7.97. The first-order valence-electron chi connectivity index (χ1n) is 7.50. The fourth-order valence-corrected chi connectivity index (χ4v) is 2.58. The zero-order valence-corrected chi connectivity index (χ0v) is 15.0. The summed E-state index contributed by atoms with van der Waals surface area (Å²) in [5.41, 5.74) is 2.10. The Labute approximate surface area is 147 Å². The van der Waals surface area contributed by atoms with Gasteiger partial charge in [0, 0.05) is 11.3 Å². The third-order valence-electron chi connectivity index (χ3n) is 3.68. The number of rotatable bonds is 5. The molecule has 2 rings (SSSR count). The van der Waals surface area contributed by atoms with E-state index in [4.69, 9.17) is 21.7 Å². The van der Waals surface area contributed by atoms with E-state index in [0.717, 1.165) is 17.1 Å². The highest BCUT2D eigenvalue weighted by Gasteiger charge is 2.14. The summed E-state index contributed by atoms with van der Waals surface area (Å²) in [4.78, 5) is 0. The van der Waals surface area contributed by atoms with Crippen molar-refractivity contribution < 1.29 is 13.9 Å². The first kappa shape index (κ1) is 18.0. The molecule has 24 heavy (non-hydrogen) atoms. The maximum Gasteiger partial charge on any atom is 0.171 e. The molecule has 128 valence electrons. The van der Waals surface area contributed by atoms with Gasteiger partial charge in [0.15, 0.2) is 5.11 Å². The van der Waals surface area contributed by atoms with Gasteiger partial charge in [-0.1, -0.05) is 6.07 Å². The van der Waals surface area contributed by atoms with Crippen LogP contribution in [0, 0.1) is 12.7 Å². The Balaban J connectivity index is 2.09. The van der Waals surface area contributed by atoms with Gasteiger partial charge in [-0.05, 0) is 62.0 Å². The Morgan fingerprint density at radius 2 is 1.88 bits per heavy atom. The molecule has 0 radical (unpaired) electrons. The van der Waals surface area contributed by atoms with Crippen LogP contribution in [-0.4, -0.2) is 19.3 Å². The van der Waals surface area contributed by atoms with E-state index in [1.165, 1.54) is 6.07 Å². The van der Waals surface area contributed by atoms with Crippen molar-refractivity contribution >= 4 is 23.0 Å². The summed E-state index contributed by atoms with van der Waals surface area (Å²) in [6.07, 6.45) is 0. The van der Waals surface area contributed by atoms with Gasteiger partial charge in [0.1, 0.15) is 17.3 Å². The highest BCUT2D eigenvalue weighted by molar-refractivity contribution is 7.80. The monoisotopic (exact) mass is 348 g/mol. The summed E-state index contributed by atoms with van der Waals surface area (Å²) in [6.45, 7) is 3.67. The van der Waals surface area contributed by atoms with E-state index >= 15 is 0 Å². The Morgan fingerprint density at radius 3 is 2.50 bits per heavy atom. The lowest BCUT2D eigenvalue weighted by molar-refractivity contribution is 0.395. The van der Waals surface area contributed by atoms with Crippen molar-refractivity contribution in [3.05, 3.63) is 53.3 Å². The van der Waals surface area contributed by atoms with Crippen LogP contribution in [0.2, 0.25) is 0 Å². The van der Waals surface area contributed by atoms with E-state index in [1.54, 1.807) is 33.3 Å². The van der Waals surface area contributed by atoms with E-state index < -0.39 is 0 Å². The first-order chi connectivity index (χ1) is 11.4. The summed E-state index contributed by atoms with van der Waals surface area (Å²) >= 11 is 5.31. The average molecular weight is 348 g/mol. The van der Waals surface area contributed by atoms with E-state index in [1.807, 2.05) is 25.1 Å². The third-order valence-corrected chi connectivity index (χ3v) is 3.90. The standard InChI is InChI=1S/C18H21FN2O2S/c1-11-5-6-13(9-16(11)19)21-18(24)20-12(2)15-10-14(22-3)7-8-17(15)23-4/h5-10,12H,1-4H3,(H2,20,21,24)/t12-/m0/s1. The van der Waals surface area contributed by atoms with Crippen LogP contribution >= 0.6 is 12.2 Å². The van der Waals surface area contributed by atoms with Crippen LogP contribution in [-0.2, 0) is 0 Å². The average Bonchev–Trinajstić information content (AvgIpc) is 2.57. The molecule has 6 heteroatoms. The second-order valence-corrected chi connectivity index (χ2v) is 5.80. The molecule has 0 unspecified atom stereocenters. The number of anilines is 1. The number of ether oxygens (including phenoxy) is 2. The number of aryl methyl sites for hydroxylation is 1. The minimum Gasteiger partial charge on any atom is -0.497 e. The normalized spacial score (nSPS) is 11.5. The minimum atomic E-state index is -0.273. The lowest BCUT2D eigenvalue weighted by Crippen LogP contribution is -2.31. The Morgan fingerprint density at radius 1 is 1.12 bits per heavy atom. The van der Waals surface area contributed by atoms with Gasteiger partial charge in [0.05, 0.1) is 20.3 Å². The lowest BCUT2D eigenvalue weighted by atomic mass is 10.1. The topological polar surface area (TPSA) is 42.5 Å². The molecular weight excluding hydrogens is 327 g/mol. The van der Waals surface area contributed by atoms with Gasteiger partial charge in [0.2, 0.25) is 0 Å². The molecule has 0 aliphatic rings. The molecule has 1 atom stereocenters.